The monoisotopic (exact) mass is 213 g/mol. The molecule has 0 heterocycles. The lowest BCUT2D eigenvalue weighted by atomic mass is 10.0. The molecule has 0 spiro atoms. The quantitative estimate of drug-likeness (QED) is 0.711. The van der Waals surface area contributed by atoms with Crippen molar-refractivity contribution in [2.75, 3.05) is 6.61 Å². The van der Waals surface area contributed by atoms with Gasteiger partial charge in [-0.3, -0.25) is 4.79 Å². The van der Waals surface area contributed by atoms with Gasteiger partial charge in [0.25, 0.3) is 0 Å². The lowest BCUT2D eigenvalue weighted by Crippen LogP contribution is -2.43. The molecule has 0 aliphatic heterocycles. The standard InChI is InChI=1S/C12H23NO2/c1-7-10(14)13-12(5,6)8-9-15-11(2,3)4/h7H,1,8-9H2,2-6H3,(H,13,14). The van der Waals surface area contributed by atoms with Gasteiger partial charge >= 0.3 is 0 Å². The summed E-state index contributed by atoms with van der Waals surface area (Å²) in [4.78, 5) is 11.1. The van der Waals surface area contributed by atoms with Gasteiger partial charge in [0.05, 0.1) is 5.60 Å². The first kappa shape index (κ1) is 14.2. The van der Waals surface area contributed by atoms with E-state index in [-0.39, 0.29) is 17.0 Å². The molecule has 0 saturated heterocycles. The van der Waals surface area contributed by atoms with Gasteiger partial charge < -0.3 is 10.1 Å². The van der Waals surface area contributed by atoms with Crippen molar-refractivity contribution in [3.05, 3.63) is 12.7 Å². The Labute approximate surface area is 92.9 Å². The Bertz CT molecular complexity index is 226. The summed E-state index contributed by atoms with van der Waals surface area (Å²) in [5, 5.41) is 2.86. The molecule has 0 fully saturated rings. The van der Waals surface area contributed by atoms with Gasteiger partial charge in [-0.25, -0.2) is 0 Å². The molecular weight excluding hydrogens is 190 g/mol. The van der Waals surface area contributed by atoms with Gasteiger partial charge in [0.1, 0.15) is 0 Å². The molecule has 0 atom stereocenters. The van der Waals surface area contributed by atoms with Gasteiger partial charge in [-0.15, -0.1) is 0 Å². The average molecular weight is 213 g/mol. The molecule has 0 rings (SSSR count). The molecule has 0 bridgehead atoms. The molecule has 0 aliphatic rings. The average Bonchev–Trinajstić information content (AvgIpc) is 2.00. The molecule has 0 aromatic heterocycles. The van der Waals surface area contributed by atoms with Crippen molar-refractivity contribution in [1.29, 1.82) is 0 Å². The van der Waals surface area contributed by atoms with E-state index in [2.05, 4.69) is 11.9 Å². The summed E-state index contributed by atoms with van der Waals surface area (Å²) in [5.41, 5.74) is -0.380. The SMILES string of the molecule is C=CC(=O)NC(C)(C)CCOC(C)(C)C. The van der Waals surface area contributed by atoms with Gasteiger partial charge in [0.2, 0.25) is 5.91 Å². The minimum absolute atomic E-state index is 0.126. The van der Waals surface area contributed by atoms with Crippen LogP contribution in [0.3, 0.4) is 0 Å². The zero-order valence-electron chi connectivity index (χ0n) is 10.5. The fraction of sp³-hybridized carbons (Fsp3) is 0.750. The first-order valence-corrected chi connectivity index (χ1v) is 5.25. The van der Waals surface area contributed by atoms with Crippen LogP contribution in [-0.4, -0.2) is 23.7 Å². The van der Waals surface area contributed by atoms with Crippen LogP contribution in [0, 0.1) is 0 Å². The van der Waals surface area contributed by atoms with Crippen LogP contribution in [0.5, 0.6) is 0 Å². The molecule has 0 aromatic carbocycles. The molecule has 0 unspecified atom stereocenters. The summed E-state index contributed by atoms with van der Waals surface area (Å²) in [6.07, 6.45) is 2.07. The van der Waals surface area contributed by atoms with Crippen LogP contribution in [0.15, 0.2) is 12.7 Å². The summed E-state index contributed by atoms with van der Waals surface area (Å²) >= 11 is 0. The second kappa shape index (κ2) is 5.31. The highest BCUT2D eigenvalue weighted by atomic mass is 16.5. The van der Waals surface area contributed by atoms with Crippen LogP contribution in [0.25, 0.3) is 0 Å². The van der Waals surface area contributed by atoms with Crippen LogP contribution < -0.4 is 5.32 Å². The molecular formula is C12H23NO2. The smallest absolute Gasteiger partial charge is 0.243 e. The Morgan fingerprint density at radius 2 is 1.87 bits per heavy atom. The highest BCUT2D eigenvalue weighted by Gasteiger charge is 2.20. The summed E-state index contributed by atoms with van der Waals surface area (Å²) in [6.45, 7) is 14.0. The van der Waals surface area contributed by atoms with Crippen molar-refractivity contribution in [3.63, 3.8) is 0 Å². The molecule has 88 valence electrons. The van der Waals surface area contributed by atoms with E-state index in [1.165, 1.54) is 6.08 Å². The van der Waals surface area contributed by atoms with Crippen molar-refractivity contribution in [2.45, 2.75) is 52.2 Å². The number of carbonyl (C=O) groups excluding carboxylic acids is 1. The molecule has 3 nitrogen and oxygen atoms in total. The van der Waals surface area contributed by atoms with Crippen LogP contribution >= 0.6 is 0 Å². The van der Waals surface area contributed by atoms with Crippen molar-refractivity contribution in [2.24, 2.45) is 0 Å². The lowest BCUT2D eigenvalue weighted by Gasteiger charge is -2.28. The first-order valence-electron chi connectivity index (χ1n) is 5.25. The number of nitrogens with one attached hydrogen (secondary N) is 1. The predicted octanol–water partition coefficient (Wildman–Crippen LogP) is 2.27. The zero-order chi connectivity index (χ0) is 12.1. The maximum Gasteiger partial charge on any atom is 0.243 e. The molecule has 0 saturated carbocycles. The second-order valence-electron chi connectivity index (χ2n) is 5.29. The molecule has 1 N–H and O–H groups in total. The van der Waals surface area contributed by atoms with Crippen LogP contribution in [-0.2, 0) is 9.53 Å². The van der Waals surface area contributed by atoms with Crippen LogP contribution in [0.4, 0.5) is 0 Å². The molecule has 3 heteroatoms. The summed E-state index contributed by atoms with van der Waals surface area (Å²) in [7, 11) is 0. The third-order valence-electron chi connectivity index (χ3n) is 1.91. The minimum Gasteiger partial charge on any atom is -0.376 e. The largest absolute Gasteiger partial charge is 0.376 e. The fourth-order valence-corrected chi connectivity index (χ4v) is 1.06. The molecule has 1 amide bonds. The van der Waals surface area contributed by atoms with Crippen LogP contribution in [0.1, 0.15) is 41.0 Å². The highest BCUT2D eigenvalue weighted by molar-refractivity contribution is 5.87. The van der Waals surface area contributed by atoms with E-state index in [9.17, 15) is 4.79 Å². The molecule has 15 heavy (non-hydrogen) atoms. The third-order valence-corrected chi connectivity index (χ3v) is 1.91. The van der Waals surface area contributed by atoms with E-state index in [1.54, 1.807) is 0 Å². The van der Waals surface area contributed by atoms with Crippen molar-refractivity contribution in [3.8, 4) is 0 Å². The number of hydrogen-bond donors (Lipinski definition) is 1. The summed E-state index contributed by atoms with van der Waals surface area (Å²) in [6, 6.07) is 0. The molecule has 0 aromatic rings. The van der Waals surface area contributed by atoms with Crippen molar-refractivity contribution >= 4 is 5.91 Å². The van der Waals surface area contributed by atoms with E-state index in [0.29, 0.717) is 6.61 Å². The number of amides is 1. The van der Waals surface area contributed by atoms with E-state index in [4.69, 9.17) is 4.74 Å². The fourth-order valence-electron chi connectivity index (χ4n) is 1.06. The lowest BCUT2D eigenvalue weighted by molar-refractivity contribution is -0.118. The van der Waals surface area contributed by atoms with Gasteiger partial charge in [-0.2, -0.15) is 0 Å². The Hall–Kier alpha value is -0.830. The van der Waals surface area contributed by atoms with E-state index in [1.807, 2.05) is 34.6 Å². The van der Waals surface area contributed by atoms with E-state index >= 15 is 0 Å². The molecule has 0 radical (unpaired) electrons. The highest BCUT2D eigenvalue weighted by Crippen LogP contribution is 2.12. The van der Waals surface area contributed by atoms with E-state index in [0.717, 1.165) is 6.42 Å². The number of ether oxygens (including phenoxy) is 1. The number of rotatable bonds is 5. The normalized spacial score (nSPS) is 12.3. The van der Waals surface area contributed by atoms with E-state index < -0.39 is 0 Å². The Morgan fingerprint density at radius 3 is 2.27 bits per heavy atom. The topological polar surface area (TPSA) is 38.3 Å². The maximum absolute atomic E-state index is 11.1. The number of hydrogen-bond acceptors (Lipinski definition) is 2. The Kier molecular flexibility index (Phi) is 5.01. The summed E-state index contributed by atoms with van der Waals surface area (Å²) < 4.78 is 5.60. The van der Waals surface area contributed by atoms with Gasteiger partial charge in [0.15, 0.2) is 0 Å². The Balaban J connectivity index is 3.94. The van der Waals surface area contributed by atoms with Gasteiger partial charge in [-0.05, 0) is 47.1 Å². The second-order valence-corrected chi connectivity index (χ2v) is 5.29. The first-order chi connectivity index (χ1) is 6.66. The van der Waals surface area contributed by atoms with Gasteiger partial charge in [-0.1, -0.05) is 6.58 Å². The molecule has 0 aliphatic carbocycles. The minimum atomic E-state index is -0.253. The number of carbonyl (C=O) groups is 1. The Morgan fingerprint density at radius 1 is 1.33 bits per heavy atom. The van der Waals surface area contributed by atoms with Crippen molar-refractivity contribution < 1.29 is 9.53 Å². The van der Waals surface area contributed by atoms with Gasteiger partial charge in [0, 0.05) is 12.1 Å². The summed E-state index contributed by atoms with van der Waals surface area (Å²) in [5.74, 6) is -0.143. The third kappa shape index (κ3) is 8.18. The zero-order valence-corrected chi connectivity index (χ0v) is 10.5. The van der Waals surface area contributed by atoms with Crippen molar-refractivity contribution in [1.82, 2.24) is 5.32 Å². The maximum atomic E-state index is 11.1. The predicted molar refractivity (Wildman–Crippen MR) is 62.7 cm³/mol. The van der Waals surface area contributed by atoms with Crippen LogP contribution in [0.2, 0.25) is 0 Å².